The molecule has 11 nitrogen and oxygen atoms in total. The molecular formula is C20H23ClN8O3. The normalized spacial score (nSPS) is 13.5. The Morgan fingerprint density at radius 1 is 1.19 bits per heavy atom. The van der Waals surface area contributed by atoms with E-state index in [0.717, 1.165) is 0 Å². The molecule has 0 aliphatic carbocycles. The molecule has 2 aromatic heterocycles. The van der Waals surface area contributed by atoms with E-state index in [4.69, 9.17) is 16.3 Å². The van der Waals surface area contributed by atoms with Crippen LogP contribution >= 0.6 is 11.6 Å². The number of nitrogens with one attached hydrogen (secondary N) is 3. The van der Waals surface area contributed by atoms with Crippen LogP contribution in [0.5, 0.6) is 11.6 Å². The molecule has 32 heavy (non-hydrogen) atoms. The van der Waals surface area contributed by atoms with Crippen LogP contribution in [0.1, 0.15) is 19.9 Å². The van der Waals surface area contributed by atoms with Gasteiger partial charge >= 0.3 is 12.1 Å². The summed E-state index contributed by atoms with van der Waals surface area (Å²) in [4.78, 5) is 34.5. The number of rotatable bonds is 6. The van der Waals surface area contributed by atoms with Gasteiger partial charge in [-0.1, -0.05) is 17.7 Å². The molecule has 4 rings (SSSR count). The summed E-state index contributed by atoms with van der Waals surface area (Å²) >= 11 is 6.08. The number of likely N-dealkylation sites (tertiary alicyclic amines) is 1. The van der Waals surface area contributed by atoms with Crippen molar-refractivity contribution in [2.45, 2.75) is 19.9 Å². The number of anilines is 1. The minimum atomic E-state index is -0.403. The van der Waals surface area contributed by atoms with Crippen molar-refractivity contribution < 1.29 is 14.3 Å². The molecule has 1 fully saturated rings. The van der Waals surface area contributed by atoms with E-state index in [1.807, 2.05) is 13.8 Å². The van der Waals surface area contributed by atoms with Crippen LogP contribution in [0.15, 0.2) is 30.6 Å². The van der Waals surface area contributed by atoms with E-state index in [9.17, 15) is 9.59 Å². The van der Waals surface area contributed by atoms with E-state index in [0.29, 0.717) is 48.0 Å². The van der Waals surface area contributed by atoms with Crippen molar-refractivity contribution >= 4 is 40.5 Å². The molecule has 0 unspecified atom stereocenters. The summed E-state index contributed by atoms with van der Waals surface area (Å²) in [5, 5.41) is 13.7. The summed E-state index contributed by atoms with van der Waals surface area (Å²) in [6.07, 6.45) is 1.35. The Hall–Kier alpha value is -3.60. The van der Waals surface area contributed by atoms with Crippen LogP contribution in [0.4, 0.5) is 15.4 Å². The smallest absolute Gasteiger partial charge is 0.320 e. The second-order valence-electron chi connectivity index (χ2n) is 7.11. The van der Waals surface area contributed by atoms with E-state index in [1.54, 1.807) is 33.8 Å². The Morgan fingerprint density at radius 2 is 1.97 bits per heavy atom. The molecule has 1 aromatic carbocycles. The highest BCUT2D eigenvalue weighted by Gasteiger charge is 2.35. The lowest BCUT2D eigenvalue weighted by atomic mass is 10.1. The molecule has 0 spiro atoms. The standard InChI is InChI=1S/C20H23ClN8O3/c1-3-22-19(30)26-16-15-17(25-11-24-16)29(13-9-28(10-13)20(31)23-4-2)27-18(15)32-14-7-5-6-12(21)8-14/h5-8,11,13H,3-4,9-10H2,1-2H3,(H,23,31)(H2,22,24,25,26,30). The number of nitrogens with zero attached hydrogens (tertiary/aromatic N) is 5. The van der Waals surface area contributed by atoms with Crippen LogP contribution in [-0.2, 0) is 0 Å². The Morgan fingerprint density at radius 3 is 2.69 bits per heavy atom. The van der Waals surface area contributed by atoms with E-state index < -0.39 is 6.03 Å². The lowest BCUT2D eigenvalue weighted by Gasteiger charge is -2.38. The highest BCUT2D eigenvalue weighted by atomic mass is 35.5. The Labute approximate surface area is 189 Å². The van der Waals surface area contributed by atoms with Crippen LogP contribution < -0.4 is 20.7 Å². The quantitative estimate of drug-likeness (QED) is 0.521. The molecule has 3 aromatic rings. The second kappa shape index (κ2) is 9.27. The van der Waals surface area contributed by atoms with Gasteiger partial charge in [-0.25, -0.2) is 24.2 Å². The molecule has 3 N–H and O–H groups in total. The van der Waals surface area contributed by atoms with Crippen molar-refractivity contribution in [3.8, 4) is 11.6 Å². The largest absolute Gasteiger partial charge is 0.437 e. The van der Waals surface area contributed by atoms with Crippen molar-refractivity contribution in [3.63, 3.8) is 0 Å². The number of fused-ring (bicyclic) bond motifs is 1. The van der Waals surface area contributed by atoms with Crippen LogP contribution in [0.3, 0.4) is 0 Å². The molecule has 1 saturated heterocycles. The molecule has 3 heterocycles. The Balaban J connectivity index is 1.70. The van der Waals surface area contributed by atoms with Crippen molar-refractivity contribution in [1.82, 2.24) is 35.3 Å². The molecule has 12 heteroatoms. The second-order valence-corrected chi connectivity index (χ2v) is 7.55. The summed E-state index contributed by atoms with van der Waals surface area (Å²) in [5.41, 5.74) is 0.490. The van der Waals surface area contributed by atoms with E-state index in [1.165, 1.54) is 6.33 Å². The first-order valence-corrected chi connectivity index (χ1v) is 10.6. The predicted molar refractivity (Wildman–Crippen MR) is 119 cm³/mol. The number of carbonyl (C=O) groups excluding carboxylic acids is 2. The van der Waals surface area contributed by atoms with Gasteiger partial charge in [-0.15, -0.1) is 5.10 Å². The number of benzene rings is 1. The van der Waals surface area contributed by atoms with Gasteiger partial charge in [0.05, 0.1) is 6.04 Å². The molecule has 1 aliphatic heterocycles. The molecular weight excluding hydrogens is 436 g/mol. The molecule has 1 aliphatic rings. The van der Waals surface area contributed by atoms with E-state index >= 15 is 0 Å². The number of aromatic nitrogens is 4. The van der Waals surface area contributed by atoms with Gasteiger partial charge in [0.2, 0.25) is 0 Å². The summed E-state index contributed by atoms with van der Waals surface area (Å²) in [5.74, 6) is 0.977. The third-order valence-electron chi connectivity index (χ3n) is 4.86. The molecule has 0 saturated carbocycles. The summed E-state index contributed by atoms with van der Waals surface area (Å²) in [7, 11) is 0. The predicted octanol–water partition coefficient (Wildman–Crippen LogP) is 3.00. The molecule has 0 radical (unpaired) electrons. The minimum absolute atomic E-state index is 0.0935. The zero-order valence-corrected chi connectivity index (χ0v) is 18.4. The number of hydrogen-bond acceptors (Lipinski definition) is 6. The molecule has 0 atom stereocenters. The van der Waals surface area contributed by atoms with Crippen molar-refractivity contribution in [3.05, 3.63) is 35.6 Å². The van der Waals surface area contributed by atoms with Crippen LogP contribution in [0.25, 0.3) is 11.0 Å². The van der Waals surface area contributed by atoms with E-state index in [2.05, 4.69) is 31.0 Å². The molecule has 4 amide bonds. The van der Waals surface area contributed by atoms with Gasteiger partial charge < -0.3 is 20.3 Å². The van der Waals surface area contributed by atoms with Gasteiger partial charge in [-0.05, 0) is 32.0 Å². The highest BCUT2D eigenvalue weighted by Crippen LogP contribution is 2.36. The first-order valence-electron chi connectivity index (χ1n) is 10.2. The minimum Gasteiger partial charge on any atom is -0.437 e. The average molecular weight is 459 g/mol. The maximum Gasteiger partial charge on any atom is 0.320 e. The lowest BCUT2D eigenvalue weighted by molar-refractivity contribution is 0.120. The van der Waals surface area contributed by atoms with Crippen LogP contribution in [0, 0.1) is 0 Å². The highest BCUT2D eigenvalue weighted by molar-refractivity contribution is 6.30. The van der Waals surface area contributed by atoms with E-state index in [-0.39, 0.29) is 23.8 Å². The molecule has 168 valence electrons. The Bertz CT molecular complexity index is 1150. The number of halogens is 1. The fraction of sp³-hybridized carbons (Fsp3) is 0.350. The van der Waals surface area contributed by atoms with Crippen molar-refractivity contribution in [1.29, 1.82) is 0 Å². The van der Waals surface area contributed by atoms with Crippen molar-refractivity contribution in [2.75, 3.05) is 31.5 Å². The summed E-state index contributed by atoms with van der Waals surface area (Å²) in [6.45, 7) is 5.66. The number of hydrogen-bond donors (Lipinski definition) is 3. The summed E-state index contributed by atoms with van der Waals surface area (Å²) < 4.78 is 7.71. The Kier molecular flexibility index (Phi) is 6.26. The fourth-order valence-corrected chi connectivity index (χ4v) is 3.54. The average Bonchev–Trinajstić information content (AvgIpc) is 3.06. The number of amides is 4. The number of urea groups is 2. The lowest BCUT2D eigenvalue weighted by Crippen LogP contribution is -2.54. The topological polar surface area (TPSA) is 126 Å². The monoisotopic (exact) mass is 458 g/mol. The third-order valence-corrected chi connectivity index (χ3v) is 5.10. The first-order chi connectivity index (χ1) is 15.5. The molecule has 0 bridgehead atoms. The maximum absolute atomic E-state index is 12.1. The zero-order chi connectivity index (χ0) is 22.7. The van der Waals surface area contributed by atoms with Gasteiger partial charge in [-0.2, -0.15) is 0 Å². The van der Waals surface area contributed by atoms with Gasteiger partial charge in [0, 0.05) is 31.2 Å². The maximum atomic E-state index is 12.1. The third kappa shape index (κ3) is 4.37. The van der Waals surface area contributed by atoms with Gasteiger partial charge in [0.25, 0.3) is 5.88 Å². The fourth-order valence-electron chi connectivity index (χ4n) is 3.36. The van der Waals surface area contributed by atoms with Crippen LogP contribution in [0.2, 0.25) is 5.02 Å². The SMILES string of the molecule is CCNC(=O)Nc1ncnc2c1c(Oc1cccc(Cl)c1)nn2C1CN(C(=O)NCC)C1. The number of ether oxygens (including phenoxy) is 1. The van der Waals surface area contributed by atoms with Gasteiger partial charge in [0.15, 0.2) is 11.5 Å². The van der Waals surface area contributed by atoms with Crippen molar-refractivity contribution in [2.24, 2.45) is 0 Å². The zero-order valence-electron chi connectivity index (χ0n) is 17.6. The van der Waals surface area contributed by atoms with Crippen LogP contribution in [-0.4, -0.2) is 62.9 Å². The van der Waals surface area contributed by atoms with Gasteiger partial charge in [-0.3, -0.25) is 5.32 Å². The van der Waals surface area contributed by atoms with Gasteiger partial charge in [0.1, 0.15) is 17.5 Å². The summed E-state index contributed by atoms with van der Waals surface area (Å²) in [6, 6.07) is 6.29. The first kappa shape index (κ1) is 21.6. The number of carbonyl (C=O) groups is 2.